The summed E-state index contributed by atoms with van der Waals surface area (Å²) in [5, 5.41) is 11.5. The van der Waals surface area contributed by atoms with Crippen molar-refractivity contribution in [1.82, 2.24) is 9.80 Å². The molecule has 2 heterocycles. The van der Waals surface area contributed by atoms with Gasteiger partial charge in [-0.1, -0.05) is 5.16 Å². The van der Waals surface area contributed by atoms with Gasteiger partial charge in [0.1, 0.15) is 0 Å². The Hall–Kier alpha value is -1.34. The van der Waals surface area contributed by atoms with Crippen LogP contribution in [0.25, 0.3) is 0 Å². The van der Waals surface area contributed by atoms with Crippen LogP contribution < -0.4 is 5.73 Å². The molecule has 0 aromatic heterocycles. The number of rotatable bonds is 5. The van der Waals surface area contributed by atoms with Gasteiger partial charge in [0.25, 0.3) is 0 Å². The summed E-state index contributed by atoms with van der Waals surface area (Å²) in [7, 11) is 0. The van der Waals surface area contributed by atoms with Crippen molar-refractivity contribution < 1.29 is 14.7 Å². The van der Waals surface area contributed by atoms with E-state index in [-0.39, 0.29) is 17.8 Å². The van der Waals surface area contributed by atoms with E-state index in [0.717, 1.165) is 39.0 Å². The normalized spacial score (nSPS) is 25.0. The molecule has 1 atom stereocenters. The van der Waals surface area contributed by atoms with Gasteiger partial charge in [0.2, 0.25) is 5.91 Å². The third-order valence-electron chi connectivity index (χ3n) is 4.19. The Morgan fingerprint density at radius 3 is 2.67 bits per heavy atom. The van der Waals surface area contributed by atoms with E-state index in [2.05, 4.69) is 10.1 Å². The minimum atomic E-state index is 0.212. The van der Waals surface area contributed by atoms with E-state index in [1.54, 1.807) is 0 Å². The van der Waals surface area contributed by atoms with Gasteiger partial charge in [0.05, 0.1) is 12.6 Å². The molecule has 0 bridgehead atoms. The van der Waals surface area contributed by atoms with Crippen molar-refractivity contribution in [2.75, 3.05) is 39.3 Å². The first-order valence-corrected chi connectivity index (χ1v) is 7.77. The first-order valence-electron chi connectivity index (χ1n) is 7.77. The highest BCUT2D eigenvalue weighted by molar-refractivity contribution is 5.81. The van der Waals surface area contributed by atoms with Gasteiger partial charge in [0.15, 0.2) is 5.84 Å². The van der Waals surface area contributed by atoms with Gasteiger partial charge < -0.3 is 20.6 Å². The lowest BCUT2D eigenvalue weighted by Gasteiger charge is -2.34. The first kappa shape index (κ1) is 16.0. The zero-order valence-corrected chi connectivity index (χ0v) is 12.5. The zero-order valence-electron chi connectivity index (χ0n) is 12.5. The van der Waals surface area contributed by atoms with Gasteiger partial charge in [-0.25, -0.2) is 0 Å². The number of carbonyl (C=O) groups excluding carboxylic acids is 1. The molecule has 7 nitrogen and oxygen atoms in total. The molecule has 2 saturated heterocycles. The van der Waals surface area contributed by atoms with Crippen LogP contribution in [0.15, 0.2) is 5.16 Å². The fraction of sp³-hybridized carbons (Fsp3) is 0.857. The van der Waals surface area contributed by atoms with Crippen molar-refractivity contribution in [3.63, 3.8) is 0 Å². The number of hydrogen-bond donors (Lipinski definition) is 2. The number of amidine groups is 1. The van der Waals surface area contributed by atoms with Crippen LogP contribution in [0.2, 0.25) is 0 Å². The highest BCUT2D eigenvalue weighted by atomic mass is 16.5. The van der Waals surface area contributed by atoms with Gasteiger partial charge in [-0.3, -0.25) is 9.69 Å². The number of nitrogens with two attached hydrogens (primary N) is 1. The number of piperazine rings is 1. The predicted molar refractivity (Wildman–Crippen MR) is 79.3 cm³/mol. The van der Waals surface area contributed by atoms with Crippen LogP contribution in [0.5, 0.6) is 0 Å². The molecule has 7 heteroatoms. The van der Waals surface area contributed by atoms with E-state index in [9.17, 15) is 4.79 Å². The van der Waals surface area contributed by atoms with Crippen LogP contribution in [0.3, 0.4) is 0 Å². The Morgan fingerprint density at radius 2 is 2.05 bits per heavy atom. The molecular formula is C14H26N4O3. The lowest BCUT2D eigenvalue weighted by molar-refractivity contribution is -0.133. The molecule has 0 radical (unpaired) electrons. The lowest BCUT2D eigenvalue weighted by Crippen LogP contribution is -2.50. The molecule has 0 aromatic carbocycles. The van der Waals surface area contributed by atoms with E-state index < -0.39 is 0 Å². The Balaban J connectivity index is 1.65. The van der Waals surface area contributed by atoms with E-state index in [0.29, 0.717) is 26.1 Å². The monoisotopic (exact) mass is 298 g/mol. The fourth-order valence-electron chi connectivity index (χ4n) is 2.89. The number of ether oxygens (including phenoxy) is 1. The standard InChI is InChI=1S/C14H26N4O3/c15-13(16-20)11-17-6-8-18(9-7-17)14(19)5-4-12-3-1-2-10-21-12/h12,20H,1-11H2,(H2,15,16). The number of amides is 1. The second-order valence-corrected chi connectivity index (χ2v) is 5.78. The molecule has 0 aliphatic carbocycles. The smallest absolute Gasteiger partial charge is 0.222 e. The van der Waals surface area contributed by atoms with Crippen molar-refractivity contribution in [3.8, 4) is 0 Å². The highest BCUT2D eigenvalue weighted by Gasteiger charge is 2.23. The molecule has 1 amide bonds. The molecule has 0 spiro atoms. The average Bonchev–Trinajstić information content (AvgIpc) is 2.54. The first-order chi connectivity index (χ1) is 10.2. The number of nitrogens with zero attached hydrogens (tertiary/aromatic N) is 3. The van der Waals surface area contributed by atoms with Crippen molar-refractivity contribution in [2.24, 2.45) is 10.9 Å². The minimum Gasteiger partial charge on any atom is -0.409 e. The SMILES string of the molecule is NC(CN1CCN(C(=O)CCC2CCCCO2)CC1)=NO. The maximum atomic E-state index is 12.2. The summed E-state index contributed by atoms with van der Waals surface area (Å²) in [5.74, 6) is 0.428. The molecule has 0 aromatic rings. The van der Waals surface area contributed by atoms with Gasteiger partial charge in [-0.2, -0.15) is 0 Å². The van der Waals surface area contributed by atoms with Crippen LogP contribution in [-0.2, 0) is 9.53 Å². The van der Waals surface area contributed by atoms with Crippen LogP contribution in [0, 0.1) is 0 Å². The molecule has 120 valence electrons. The Kier molecular flexibility index (Phi) is 6.25. The number of carbonyl (C=O) groups is 1. The molecule has 2 aliphatic rings. The summed E-state index contributed by atoms with van der Waals surface area (Å²) < 4.78 is 5.66. The summed E-state index contributed by atoms with van der Waals surface area (Å²) in [6, 6.07) is 0. The third-order valence-corrected chi connectivity index (χ3v) is 4.19. The summed E-state index contributed by atoms with van der Waals surface area (Å²) >= 11 is 0. The Labute approximate surface area is 125 Å². The van der Waals surface area contributed by atoms with Gasteiger partial charge in [0, 0.05) is 39.2 Å². The Bertz CT molecular complexity index is 361. The summed E-state index contributed by atoms with van der Waals surface area (Å²) in [5.41, 5.74) is 5.49. The van der Waals surface area contributed by atoms with E-state index in [1.165, 1.54) is 6.42 Å². The summed E-state index contributed by atoms with van der Waals surface area (Å²) in [6.45, 7) is 4.25. The van der Waals surface area contributed by atoms with Crippen LogP contribution in [0.4, 0.5) is 0 Å². The molecule has 1 unspecified atom stereocenters. The molecule has 2 aliphatic heterocycles. The van der Waals surface area contributed by atoms with Crippen molar-refractivity contribution in [1.29, 1.82) is 0 Å². The predicted octanol–water partition coefficient (Wildman–Crippen LogP) is 0.226. The Morgan fingerprint density at radius 1 is 1.29 bits per heavy atom. The third kappa shape index (κ3) is 5.17. The van der Waals surface area contributed by atoms with E-state index >= 15 is 0 Å². The molecule has 0 saturated carbocycles. The molecule has 3 N–H and O–H groups in total. The van der Waals surface area contributed by atoms with Crippen LogP contribution in [-0.4, -0.2) is 72.2 Å². The topological polar surface area (TPSA) is 91.4 Å². The highest BCUT2D eigenvalue weighted by Crippen LogP contribution is 2.17. The van der Waals surface area contributed by atoms with Crippen LogP contribution in [0.1, 0.15) is 32.1 Å². The number of hydrogen-bond acceptors (Lipinski definition) is 5. The zero-order chi connectivity index (χ0) is 15.1. The van der Waals surface area contributed by atoms with Crippen molar-refractivity contribution in [3.05, 3.63) is 0 Å². The largest absolute Gasteiger partial charge is 0.409 e. The molecule has 2 fully saturated rings. The van der Waals surface area contributed by atoms with Crippen LogP contribution >= 0.6 is 0 Å². The van der Waals surface area contributed by atoms with Gasteiger partial charge in [-0.15, -0.1) is 0 Å². The summed E-state index contributed by atoms with van der Waals surface area (Å²) in [6.07, 6.45) is 5.12. The maximum Gasteiger partial charge on any atom is 0.222 e. The second kappa shape index (κ2) is 8.19. The van der Waals surface area contributed by atoms with Crippen molar-refractivity contribution >= 4 is 11.7 Å². The van der Waals surface area contributed by atoms with E-state index in [1.807, 2.05) is 4.90 Å². The number of oxime groups is 1. The average molecular weight is 298 g/mol. The van der Waals surface area contributed by atoms with Crippen molar-refractivity contribution in [2.45, 2.75) is 38.2 Å². The van der Waals surface area contributed by atoms with Gasteiger partial charge in [-0.05, 0) is 25.7 Å². The molecule has 2 rings (SSSR count). The second-order valence-electron chi connectivity index (χ2n) is 5.78. The molecular weight excluding hydrogens is 272 g/mol. The van der Waals surface area contributed by atoms with Gasteiger partial charge >= 0.3 is 0 Å². The fourth-order valence-corrected chi connectivity index (χ4v) is 2.89. The quantitative estimate of drug-likeness (QED) is 0.328. The lowest BCUT2D eigenvalue weighted by atomic mass is 10.0. The minimum absolute atomic E-state index is 0.212. The maximum absolute atomic E-state index is 12.2. The molecule has 21 heavy (non-hydrogen) atoms. The van der Waals surface area contributed by atoms with E-state index in [4.69, 9.17) is 15.7 Å². The summed E-state index contributed by atoms with van der Waals surface area (Å²) in [4.78, 5) is 16.2.